The molecule has 20 heavy (non-hydrogen) atoms. The average molecular weight is 290 g/mol. The fourth-order valence-electron chi connectivity index (χ4n) is 1.64. The van der Waals surface area contributed by atoms with Crippen LogP contribution in [0.4, 0.5) is 0 Å². The highest BCUT2D eigenvalue weighted by Gasteiger charge is 2.13. The zero-order valence-electron chi connectivity index (χ0n) is 11.8. The number of amides is 1. The van der Waals surface area contributed by atoms with Gasteiger partial charge in [-0.2, -0.15) is 0 Å². The summed E-state index contributed by atoms with van der Waals surface area (Å²) in [6.07, 6.45) is 0.904. The van der Waals surface area contributed by atoms with Crippen LogP contribution >= 0.6 is 11.3 Å². The van der Waals surface area contributed by atoms with E-state index in [4.69, 9.17) is 4.74 Å². The molecule has 1 aromatic carbocycles. The lowest BCUT2D eigenvalue weighted by atomic mass is 10.2. The van der Waals surface area contributed by atoms with Gasteiger partial charge in [0.1, 0.15) is 16.5 Å². The monoisotopic (exact) mass is 290 g/mol. The Morgan fingerprint density at radius 3 is 2.70 bits per heavy atom. The van der Waals surface area contributed by atoms with E-state index in [2.05, 4.69) is 10.3 Å². The topological polar surface area (TPSA) is 51.2 Å². The van der Waals surface area contributed by atoms with Crippen molar-refractivity contribution in [2.45, 2.75) is 26.3 Å². The normalized spacial score (nSPS) is 11.9. The third-order valence-electron chi connectivity index (χ3n) is 3.06. The molecule has 2 rings (SSSR count). The number of methoxy groups -OCH3 is 1. The van der Waals surface area contributed by atoms with Crippen LogP contribution in [0.25, 0.3) is 10.6 Å². The molecule has 0 saturated carbocycles. The fraction of sp³-hybridized carbons (Fsp3) is 0.333. The number of carbonyl (C=O) groups is 1. The van der Waals surface area contributed by atoms with E-state index in [0.29, 0.717) is 5.69 Å². The molecule has 1 amide bonds. The van der Waals surface area contributed by atoms with Crippen molar-refractivity contribution in [2.24, 2.45) is 0 Å². The van der Waals surface area contributed by atoms with Crippen molar-refractivity contribution in [1.82, 2.24) is 10.3 Å². The third kappa shape index (κ3) is 3.36. The van der Waals surface area contributed by atoms with Crippen molar-refractivity contribution in [1.29, 1.82) is 0 Å². The van der Waals surface area contributed by atoms with E-state index in [9.17, 15) is 4.79 Å². The molecule has 4 nitrogen and oxygen atoms in total. The maximum absolute atomic E-state index is 12.0. The molecule has 5 heteroatoms. The molecule has 1 heterocycles. The molecule has 0 radical (unpaired) electrons. The third-order valence-corrected chi connectivity index (χ3v) is 3.96. The van der Waals surface area contributed by atoms with Crippen molar-refractivity contribution in [3.05, 3.63) is 35.3 Å². The van der Waals surface area contributed by atoms with Crippen LogP contribution in [0.2, 0.25) is 0 Å². The van der Waals surface area contributed by atoms with Gasteiger partial charge in [-0.1, -0.05) is 6.92 Å². The van der Waals surface area contributed by atoms with Gasteiger partial charge in [-0.15, -0.1) is 11.3 Å². The zero-order valence-corrected chi connectivity index (χ0v) is 12.7. The molecule has 0 aliphatic carbocycles. The Bertz CT molecular complexity index is 578. The summed E-state index contributed by atoms with van der Waals surface area (Å²) in [6.45, 7) is 4.02. The highest BCUT2D eigenvalue weighted by atomic mass is 32.1. The molecule has 0 saturated heterocycles. The summed E-state index contributed by atoms with van der Waals surface area (Å²) in [7, 11) is 1.63. The van der Waals surface area contributed by atoms with Gasteiger partial charge < -0.3 is 10.1 Å². The van der Waals surface area contributed by atoms with Crippen LogP contribution in [0.1, 0.15) is 30.8 Å². The second-order valence-electron chi connectivity index (χ2n) is 4.55. The average Bonchev–Trinajstić information content (AvgIpc) is 2.97. The highest BCUT2D eigenvalue weighted by Crippen LogP contribution is 2.25. The van der Waals surface area contributed by atoms with Gasteiger partial charge in [0.15, 0.2) is 0 Å². The van der Waals surface area contributed by atoms with Gasteiger partial charge in [-0.25, -0.2) is 4.98 Å². The summed E-state index contributed by atoms with van der Waals surface area (Å²) in [5.74, 6) is 0.690. The number of aromatic nitrogens is 1. The Kier molecular flexibility index (Phi) is 4.74. The first-order chi connectivity index (χ1) is 9.63. The van der Waals surface area contributed by atoms with E-state index < -0.39 is 0 Å². The number of hydrogen-bond acceptors (Lipinski definition) is 4. The van der Waals surface area contributed by atoms with Gasteiger partial charge in [0.05, 0.1) is 7.11 Å². The van der Waals surface area contributed by atoms with Gasteiger partial charge >= 0.3 is 0 Å². The molecule has 1 N–H and O–H groups in total. The predicted molar refractivity (Wildman–Crippen MR) is 81.3 cm³/mol. The SMILES string of the molecule is CCC(C)NC(=O)c1csc(-c2ccc(OC)cc2)n1. The molecule has 0 spiro atoms. The van der Waals surface area contributed by atoms with Gasteiger partial charge in [0, 0.05) is 17.0 Å². The molecule has 0 aliphatic rings. The Morgan fingerprint density at radius 2 is 2.10 bits per heavy atom. The summed E-state index contributed by atoms with van der Waals surface area (Å²) in [5, 5.41) is 5.54. The summed E-state index contributed by atoms with van der Waals surface area (Å²) < 4.78 is 5.12. The van der Waals surface area contributed by atoms with Crippen LogP contribution in [0.5, 0.6) is 5.75 Å². The molecule has 106 valence electrons. The lowest BCUT2D eigenvalue weighted by molar-refractivity contribution is 0.0935. The minimum atomic E-state index is -0.115. The molecule has 0 bridgehead atoms. The Labute approximate surface area is 122 Å². The van der Waals surface area contributed by atoms with Gasteiger partial charge in [0.2, 0.25) is 0 Å². The minimum Gasteiger partial charge on any atom is -0.497 e. The summed E-state index contributed by atoms with van der Waals surface area (Å²) in [6, 6.07) is 7.81. The molecule has 1 atom stereocenters. The molecule has 1 aromatic heterocycles. The Hall–Kier alpha value is -1.88. The number of nitrogens with zero attached hydrogens (tertiary/aromatic N) is 1. The minimum absolute atomic E-state index is 0.115. The summed E-state index contributed by atoms with van der Waals surface area (Å²) in [4.78, 5) is 16.4. The molecule has 1 unspecified atom stereocenters. The van der Waals surface area contributed by atoms with E-state index in [1.807, 2.05) is 38.1 Å². The predicted octanol–water partition coefficient (Wildman–Crippen LogP) is 3.35. The van der Waals surface area contributed by atoms with E-state index >= 15 is 0 Å². The largest absolute Gasteiger partial charge is 0.497 e. The van der Waals surface area contributed by atoms with Crippen LogP contribution < -0.4 is 10.1 Å². The molecular formula is C15H18N2O2S. The standard InChI is InChI=1S/C15H18N2O2S/c1-4-10(2)16-14(18)13-9-20-15(17-13)11-5-7-12(19-3)8-6-11/h5-10H,4H2,1-3H3,(H,16,18). The smallest absolute Gasteiger partial charge is 0.270 e. The number of carbonyl (C=O) groups excluding carboxylic acids is 1. The number of hydrogen-bond donors (Lipinski definition) is 1. The van der Waals surface area contributed by atoms with Gasteiger partial charge in [0.25, 0.3) is 5.91 Å². The molecule has 2 aromatic rings. The maximum atomic E-state index is 12.0. The van der Waals surface area contributed by atoms with E-state index in [1.54, 1.807) is 12.5 Å². The van der Waals surface area contributed by atoms with Crippen LogP contribution in [0, 0.1) is 0 Å². The molecule has 0 aliphatic heterocycles. The maximum Gasteiger partial charge on any atom is 0.270 e. The Morgan fingerprint density at radius 1 is 1.40 bits per heavy atom. The lowest BCUT2D eigenvalue weighted by Crippen LogP contribution is -2.32. The van der Waals surface area contributed by atoms with Crippen LogP contribution in [-0.2, 0) is 0 Å². The zero-order chi connectivity index (χ0) is 14.5. The summed E-state index contributed by atoms with van der Waals surface area (Å²) >= 11 is 1.47. The van der Waals surface area contributed by atoms with Crippen LogP contribution in [0.3, 0.4) is 0 Å². The van der Waals surface area contributed by atoms with Crippen molar-refractivity contribution in [3.63, 3.8) is 0 Å². The quantitative estimate of drug-likeness (QED) is 0.918. The number of nitrogens with one attached hydrogen (secondary N) is 1. The molecular weight excluding hydrogens is 272 g/mol. The lowest BCUT2D eigenvalue weighted by Gasteiger charge is -2.09. The second-order valence-corrected chi connectivity index (χ2v) is 5.41. The van der Waals surface area contributed by atoms with Crippen molar-refractivity contribution >= 4 is 17.2 Å². The Balaban J connectivity index is 2.13. The second kappa shape index (κ2) is 6.52. The first-order valence-electron chi connectivity index (χ1n) is 6.54. The van der Waals surface area contributed by atoms with E-state index in [0.717, 1.165) is 22.7 Å². The van der Waals surface area contributed by atoms with Gasteiger partial charge in [-0.05, 0) is 37.6 Å². The number of thiazole rings is 1. The number of rotatable bonds is 5. The fourth-order valence-corrected chi connectivity index (χ4v) is 2.45. The van der Waals surface area contributed by atoms with Crippen molar-refractivity contribution in [2.75, 3.05) is 7.11 Å². The molecule has 0 fully saturated rings. The van der Waals surface area contributed by atoms with Gasteiger partial charge in [-0.3, -0.25) is 4.79 Å². The number of ether oxygens (including phenoxy) is 1. The highest BCUT2D eigenvalue weighted by molar-refractivity contribution is 7.13. The van der Waals surface area contributed by atoms with Crippen LogP contribution in [0.15, 0.2) is 29.6 Å². The van der Waals surface area contributed by atoms with Crippen molar-refractivity contribution in [3.8, 4) is 16.3 Å². The van der Waals surface area contributed by atoms with E-state index in [-0.39, 0.29) is 11.9 Å². The first kappa shape index (κ1) is 14.5. The number of benzene rings is 1. The summed E-state index contributed by atoms with van der Waals surface area (Å²) in [5.41, 5.74) is 1.46. The first-order valence-corrected chi connectivity index (χ1v) is 7.42. The van der Waals surface area contributed by atoms with E-state index in [1.165, 1.54) is 11.3 Å². The van der Waals surface area contributed by atoms with Crippen molar-refractivity contribution < 1.29 is 9.53 Å². The van der Waals surface area contributed by atoms with Crippen LogP contribution in [-0.4, -0.2) is 24.0 Å².